The van der Waals surface area contributed by atoms with Crippen LogP contribution in [0.5, 0.6) is 0 Å². The van der Waals surface area contributed by atoms with Crippen molar-refractivity contribution in [3.05, 3.63) is 24.3 Å². The molecule has 0 aliphatic rings. The molecule has 0 aliphatic carbocycles. The largest absolute Gasteiger partial charge is 0.395 e. The van der Waals surface area contributed by atoms with E-state index in [1.807, 2.05) is 45.1 Å². The highest BCUT2D eigenvalue weighted by Gasteiger charge is 2.30. The molecule has 2 N–H and O–H groups in total. The van der Waals surface area contributed by atoms with Crippen LogP contribution in [-0.4, -0.2) is 22.9 Å². The maximum Gasteiger partial charge on any atom is 0.0685 e. The minimum Gasteiger partial charge on any atom is -0.395 e. The molecule has 2 nitrogen and oxygen atoms in total. The Balaban J connectivity index is 4.84. The van der Waals surface area contributed by atoms with Gasteiger partial charge >= 0.3 is 0 Å². The summed E-state index contributed by atoms with van der Waals surface area (Å²) in [7, 11) is 0. The predicted molar refractivity (Wildman–Crippen MR) is 55.4 cm³/mol. The van der Waals surface area contributed by atoms with E-state index in [9.17, 15) is 10.2 Å². The van der Waals surface area contributed by atoms with Crippen LogP contribution >= 0.6 is 0 Å². The van der Waals surface area contributed by atoms with Crippen molar-refractivity contribution in [2.75, 3.05) is 6.61 Å². The molecular weight excluding hydrogens is 164 g/mol. The van der Waals surface area contributed by atoms with E-state index in [0.29, 0.717) is 6.42 Å². The van der Waals surface area contributed by atoms with Crippen molar-refractivity contribution in [2.45, 2.75) is 33.3 Å². The minimum atomic E-state index is -0.599. The van der Waals surface area contributed by atoms with Crippen molar-refractivity contribution in [1.29, 1.82) is 0 Å². The van der Waals surface area contributed by atoms with Crippen LogP contribution in [0.1, 0.15) is 27.2 Å². The van der Waals surface area contributed by atoms with Crippen molar-refractivity contribution in [3.63, 3.8) is 0 Å². The third-order valence-electron chi connectivity index (χ3n) is 2.23. The summed E-state index contributed by atoms with van der Waals surface area (Å²) in [6.45, 7) is 5.62. The van der Waals surface area contributed by atoms with Crippen molar-refractivity contribution < 1.29 is 10.2 Å². The number of rotatable bonds is 5. The molecule has 0 heterocycles. The summed E-state index contributed by atoms with van der Waals surface area (Å²) in [5.41, 5.74) is -0.599. The van der Waals surface area contributed by atoms with Gasteiger partial charge in [0.15, 0.2) is 0 Å². The molecule has 0 aliphatic heterocycles. The Kier molecular flexibility index (Phi) is 5.67. The molecule has 0 saturated heterocycles. The van der Waals surface area contributed by atoms with Gasteiger partial charge in [-0.25, -0.2) is 0 Å². The van der Waals surface area contributed by atoms with Gasteiger partial charge in [-0.1, -0.05) is 31.2 Å². The molecule has 13 heavy (non-hydrogen) atoms. The fraction of sp³-hybridized carbons (Fsp3) is 0.636. The monoisotopic (exact) mass is 184 g/mol. The molecule has 0 rings (SSSR count). The molecule has 1 unspecified atom stereocenters. The Morgan fingerprint density at radius 2 is 1.69 bits per heavy atom. The van der Waals surface area contributed by atoms with Gasteiger partial charge in [0.1, 0.15) is 0 Å². The first-order valence-electron chi connectivity index (χ1n) is 4.73. The molecule has 1 atom stereocenters. The average Bonchev–Trinajstić information content (AvgIpc) is 2.16. The second-order valence-corrected chi connectivity index (χ2v) is 3.19. The van der Waals surface area contributed by atoms with Crippen LogP contribution in [-0.2, 0) is 0 Å². The average molecular weight is 184 g/mol. The summed E-state index contributed by atoms with van der Waals surface area (Å²) in [6.07, 6.45) is 7.52. The third kappa shape index (κ3) is 2.98. The summed E-state index contributed by atoms with van der Waals surface area (Å²) in [4.78, 5) is 0. The molecule has 76 valence electrons. The summed E-state index contributed by atoms with van der Waals surface area (Å²) in [5.74, 6) is 0. The van der Waals surface area contributed by atoms with Crippen molar-refractivity contribution >= 4 is 0 Å². The van der Waals surface area contributed by atoms with Gasteiger partial charge in [-0.05, 0) is 20.3 Å². The molecule has 0 aromatic heterocycles. The Morgan fingerprint density at radius 3 is 1.92 bits per heavy atom. The zero-order valence-corrected chi connectivity index (χ0v) is 8.70. The highest BCUT2D eigenvalue weighted by molar-refractivity contribution is 5.14. The Bertz CT molecular complexity index is 171. The first-order valence-corrected chi connectivity index (χ1v) is 4.73. The summed E-state index contributed by atoms with van der Waals surface area (Å²) >= 11 is 0. The van der Waals surface area contributed by atoms with Gasteiger partial charge < -0.3 is 10.2 Å². The van der Waals surface area contributed by atoms with Crippen LogP contribution in [0.4, 0.5) is 0 Å². The van der Waals surface area contributed by atoms with Gasteiger partial charge in [0, 0.05) is 0 Å². The fourth-order valence-corrected chi connectivity index (χ4v) is 1.49. The van der Waals surface area contributed by atoms with Crippen molar-refractivity contribution in [2.24, 2.45) is 5.41 Å². The molecule has 0 radical (unpaired) electrons. The van der Waals surface area contributed by atoms with Gasteiger partial charge in [0.05, 0.1) is 18.1 Å². The molecule has 0 saturated carbocycles. The molecular formula is C11H20O2. The number of hydrogen-bond acceptors (Lipinski definition) is 2. The lowest BCUT2D eigenvalue weighted by Gasteiger charge is -2.30. The summed E-state index contributed by atoms with van der Waals surface area (Å²) in [5, 5.41) is 19.0. The molecule has 0 aromatic carbocycles. The second kappa shape index (κ2) is 5.95. The first kappa shape index (κ1) is 12.4. The smallest absolute Gasteiger partial charge is 0.0685 e. The quantitative estimate of drug-likeness (QED) is 0.640. The zero-order chi connectivity index (χ0) is 10.3. The number of aliphatic hydroxyl groups excluding tert-OH is 2. The zero-order valence-electron chi connectivity index (χ0n) is 8.70. The Labute approximate surface area is 80.6 Å². The van der Waals surface area contributed by atoms with Gasteiger partial charge in [-0.3, -0.25) is 0 Å². The normalized spacial score (nSPS) is 15.8. The van der Waals surface area contributed by atoms with E-state index in [1.54, 1.807) is 0 Å². The van der Waals surface area contributed by atoms with Gasteiger partial charge in [-0.2, -0.15) is 0 Å². The lowest BCUT2D eigenvalue weighted by atomic mass is 9.81. The first-order chi connectivity index (χ1) is 6.16. The lowest BCUT2D eigenvalue weighted by Crippen LogP contribution is -2.34. The van der Waals surface area contributed by atoms with Crippen LogP contribution < -0.4 is 0 Å². The van der Waals surface area contributed by atoms with E-state index in [0.717, 1.165) is 0 Å². The molecule has 2 heteroatoms. The van der Waals surface area contributed by atoms with Crippen LogP contribution in [0.15, 0.2) is 24.3 Å². The Hall–Kier alpha value is -0.600. The lowest BCUT2D eigenvalue weighted by molar-refractivity contribution is 0.0439. The minimum absolute atomic E-state index is 0.0588. The van der Waals surface area contributed by atoms with E-state index in [4.69, 9.17) is 0 Å². The number of hydrogen-bond donors (Lipinski definition) is 2. The standard InChI is InChI=1S/C11H20O2/c1-4-7-11(9-12,8-5-2)10(13)6-3/h4-5,7-8,10,12-13H,6,9H2,1-3H3/b7-4+,8-5+. The van der Waals surface area contributed by atoms with Gasteiger partial charge in [0.2, 0.25) is 0 Å². The molecule has 0 spiro atoms. The fourth-order valence-electron chi connectivity index (χ4n) is 1.49. The van der Waals surface area contributed by atoms with E-state index < -0.39 is 11.5 Å². The van der Waals surface area contributed by atoms with E-state index in [2.05, 4.69) is 0 Å². The van der Waals surface area contributed by atoms with Crippen LogP contribution in [0.25, 0.3) is 0 Å². The number of aliphatic hydroxyl groups is 2. The predicted octanol–water partition coefficient (Wildman–Crippen LogP) is 1.89. The highest BCUT2D eigenvalue weighted by atomic mass is 16.3. The van der Waals surface area contributed by atoms with E-state index >= 15 is 0 Å². The van der Waals surface area contributed by atoms with Crippen molar-refractivity contribution in [3.8, 4) is 0 Å². The Morgan fingerprint density at radius 1 is 1.23 bits per heavy atom. The summed E-state index contributed by atoms with van der Waals surface area (Å²) in [6, 6.07) is 0. The topological polar surface area (TPSA) is 40.5 Å². The second-order valence-electron chi connectivity index (χ2n) is 3.19. The van der Waals surface area contributed by atoms with Gasteiger partial charge in [-0.15, -0.1) is 0 Å². The van der Waals surface area contributed by atoms with E-state index in [1.165, 1.54) is 0 Å². The van der Waals surface area contributed by atoms with Crippen LogP contribution in [0.3, 0.4) is 0 Å². The molecule has 0 aromatic rings. The maximum atomic E-state index is 9.77. The molecule has 0 fully saturated rings. The van der Waals surface area contributed by atoms with E-state index in [-0.39, 0.29) is 6.61 Å². The van der Waals surface area contributed by atoms with Crippen molar-refractivity contribution in [1.82, 2.24) is 0 Å². The number of allylic oxidation sites excluding steroid dienone is 2. The molecule has 0 amide bonds. The maximum absolute atomic E-state index is 9.77. The van der Waals surface area contributed by atoms with Crippen LogP contribution in [0.2, 0.25) is 0 Å². The highest BCUT2D eigenvalue weighted by Crippen LogP contribution is 2.27. The third-order valence-corrected chi connectivity index (χ3v) is 2.23. The summed E-state index contributed by atoms with van der Waals surface area (Å²) < 4.78 is 0. The molecule has 0 bridgehead atoms. The van der Waals surface area contributed by atoms with Gasteiger partial charge in [0.25, 0.3) is 0 Å². The SMILES string of the molecule is C/C=C/C(/C=C/C)(CO)C(O)CC. The van der Waals surface area contributed by atoms with Crippen LogP contribution in [0, 0.1) is 5.41 Å².